The van der Waals surface area contributed by atoms with Gasteiger partial charge in [0.15, 0.2) is 23.3 Å². The molecule has 0 aromatic heterocycles. The summed E-state index contributed by atoms with van der Waals surface area (Å²) in [5, 5.41) is 2.31. The van der Waals surface area contributed by atoms with Crippen molar-refractivity contribution < 1.29 is 31.5 Å². The lowest BCUT2D eigenvalue weighted by Crippen LogP contribution is -2.30. The Bertz CT molecular complexity index is 831. The summed E-state index contributed by atoms with van der Waals surface area (Å²) in [4.78, 5) is 11.8. The number of benzene rings is 2. The molecule has 152 valence electrons. The molecule has 0 aliphatic heterocycles. The van der Waals surface area contributed by atoms with E-state index in [4.69, 9.17) is 4.74 Å². The Labute approximate surface area is 159 Å². The van der Waals surface area contributed by atoms with Crippen molar-refractivity contribution in [1.29, 1.82) is 0 Å². The standard InChI is InChI=1S/C20H20F5NO2/c1-20(2,3)11-4-6-12(7-5-11)28-9-8-26-14(27)10-13-15(21)17(23)19(25)18(24)16(13)22/h4-7H,8-10H2,1-3H3,(H,26,27). The average Bonchev–Trinajstić information content (AvgIpc) is 2.65. The molecule has 0 aliphatic carbocycles. The van der Waals surface area contributed by atoms with Gasteiger partial charge in [-0.25, -0.2) is 22.0 Å². The summed E-state index contributed by atoms with van der Waals surface area (Å²) in [7, 11) is 0. The van der Waals surface area contributed by atoms with Gasteiger partial charge in [-0.15, -0.1) is 0 Å². The second kappa shape index (κ2) is 8.58. The van der Waals surface area contributed by atoms with Crippen LogP contribution in [0.5, 0.6) is 5.75 Å². The van der Waals surface area contributed by atoms with Crippen LogP contribution in [-0.2, 0) is 16.6 Å². The Morgan fingerprint density at radius 3 is 1.89 bits per heavy atom. The largest absolute Gasteiger partial charge is 0.492 e. The zero-order valence-corrected chi connectivity index (χ0v) is 15.6. The molecule has 0 atom stereocenters. The molecule has 0 saturated carbocycles. The Hall–Kier alpha value is -2.64. The van der Waals surface area contributed by atoms with E-state index >= 15 is 0 Å². The van der Waals surface area contributed by atoms with E-state index in [9.17, 15) is 26.7 Å². The number of halogens is 5. The third kappa shape index (κ3) is 4.99. The van der Waals surface area contributed by atoms with Crippen molar-refractivity contribution in [2.75, 3.05) is 13.2 Å². The molecule has 8 heteroatoms. The van der Waals surface area contributed by atoms with Crippen molar-refractivity contribution in [3.63, 3.8) is 0 Å². The third-order valence-corrected chi connectivity index (χ3v) is 4.05. The molecule has 0 bridgehead atoms. The van der Waals surface area contributed by atoms with Gasteiger partial charge in [0, 0.05) is 5.56 Å². The predicted molar refractivity (Wildman–Crippen MR) is 93.6 cm³/mol. The molecular formula is C20H20F5NO2. The van der Waals surface area contributed by atoms with E-state index in [1.807, 2.05) is 12.1 Å². The van der Waals surface area contributed by atoms with Gasteiger partial charge in [0.2, 0.25) is 11.7 Å². The van der Waals surface area contributed by atoms with Gasteiger partial charge in [-0.1, -0.05) is 32.9 Å². The Balaban J connectivity index is 1.87. The Morgan fingerprint density at radius 2 is 1.39 bits per heavy atom. The molecule has 2 rings (SSSR count). The number of rotatable bonds is 6. The van der Waals surface area contributed by atoms with Gasteiger partial charge in [-0.05, 0) is 23.1 Å². The number of hydrogen-bond acceptors (Lipinski definition) is 2. The number of amides is 1. The summed E-state index contributed by atoms with van der Waals surface area (Å²) in [6.07, 6.45) is -0.980. The maximum atomic E-state index is 13.6. The summed E-state index contributed by atoms with van der Waals surface area (Å²) >= 11 is 0. The van der Waals surface area contributed by atoms with Gasteiger partial charge in [-0.2, -0.15) is 0 Å². The zero-order chi connectivity index (χ0) is 21.1. The van der Waals surface area contributed by atoms with Gasteiger partial charge in [-0.3, -0.25) is 4.79 Å². The van der Waals surface area contributed by atoms with E-state index in [0.29, 0.717) is 5.75 Å². The number of ether oxygens (including phenoxy) is 1. The first-order chi connectivity index (χ1) is 13.0. The normalized spacial score (nSPS) is 11.4. The van der Waals surface area contributed by atoms with E-state index in [-0.39, 0.29) is 18.6 Å². The zero-order valence-electron chi connectivity index (χ0n) is 15.6. The topological polar surface area (TPSA) is 38.3 Å². The van der Waals surface area contributed by atoms with Crippen molar-refractivity contribution in [2.45, 2.75) is 32.6 Å². The fraction of sp³-hybridized carbons (Fsp3) is 0.350. The highest BCUT2D eigenvalue weighted by Crippen LogP contribution is 2.24. The first kappa shape index (κ1) is 21.7. The number of nitrogens with one attached hydrogen (secondary N) is 1. The molecule has 0 aliphatic rings. The van der Waals surface area contributed by atoms with E-state index in [1.165, 1.54) is 0 Å². The Morgan fingerprint density at radius 1 is 0.893 bits per heavy atom. The molecule has 1 N–H and O–H groups in total. The fourth-order valence-electron chi connectivity index (χ4n) is 2.44. The van der Waals surface area contributed by atoms with Crippen LogP contribution < -0.4 is 10.1 Å². The monoisotopic (exact) mass is 401 g/mol. The molecule has 0 fully saturated rings. The van der Waals surface area contributed by atoms with Gasteiger partial charge in [0.25, 0.3) is 0 Å². The van der Waals surface area contributed by atoms with Crippen LogP contribution in [0.1, 0.15) is 31.9 Å². The highest BCUT2D eigenvalue weighted by Gasteiger charge is 2.26. The maximum Gasteiger partial charge on any atom is 0.224 e. The molecule has 0 spiro atoms. The highest BCUT2D eigenvalue weighted by molar-refractivity contribution is 5.78. The quantitative estimate of drug-likeness (QED) is 0.337. The van der Waals surface area contributed by atoms with Crippen LogP contribution >= 0.6 is 0 Å². The summed E-state index contributed by atoms with van der Waals surface area (Å²) in [5.74, 6) is -10.8. The van der Waals surface area contributed by atoms with Gasteiger partial charge >= 0.3 is 0 Å². The SMILES string of the molecule is CC(C)(C)c1ccc(OCCNC(=O)Cc2c(F)c(F)c(F)c(F)c2F)cc1. The van der Waals surface area contributed by atoms with Crippen LogP contribution in [0.4, 0.5) is 22.0 Å². The number of carbonyl (C=O) groups excluding carboxylic acids is 1. The van der Waals surface area contributed by atoms with E-state index in [0.717, 1.165) is 5.56 Å². The maximum absolute atomic E-state index is 13.6. The Kier molecular flexibility index (Phi) is 6.64. The van der Waals surface area contributed by atoms with Gasteiger partial charge in [0.1, 0.15) is 12.4 Å². The van der Waals surface area contributed by atoms with Crippen molar-refractivity contribution in [3.05, 3.63) is 64.5 Å². The first-order valence-electron chi connectivity index (χ1n) is 8.52. The van der Waals surface area contributed by atoms with E-state index in [2.05, 4.69) is 26.1 Å². The van der Waals surface area contributed by atoms with Crippen molar-refractivity contribution in [1.82, 2.24) is 5.32 Å². The highest BCUT2D eigenvalue weighted by atomic mass is 19.2. The summed E-state index contributed by atoms with van der Waals surface area (Å²) < 4.78 is 71.8. The van der Waals surface area contributed by atoms with Crippen LogP contribution in [0.25, 0.3) is 0 Å². The lowest BCUT2D eigenvalue weighted by Gasteiger charge is -2.19. The molecule has 3 nitrogen and oxygen atoms in total. The van der Waals surface area contributed by atoms with Crippen LogP contribution in [-0.4, -0.2) is 19.1 Å². The second-order valence-electron chi connectivity index (χ2n) is 7.20. The van der Waals surface area contributed by atoms with Crippen molar-refractivity contribution in [3.8, 4) is 5.75 Å². The lowest BCUT2D eigenvalue weighted by molar-refractivity contribution is -0.120. The minimum Gasteiger partial charge on any atom is -0.492 e. The fourth-order valence-corrected chi connectivity index (χ4v) is 2.44. The molecular weight excluding hydrogens is 381 g/mol. The molecule has 28 heavy (non-hydrogen) atoms. The first-order valence-corrected chi connectivity index (χ1v) is 8.52. The summed E-state index contributed by atoms with van der Waals surface area (Å²) in [6.45, 7) is 6.28. The molecule has 2 aromatic rings. The summed E-state index contributed by atoms with van der Waals surface area (Å²) in [5.41, 5.74) is -0.0559. The minimum atomic E-state index is -2.26. The smallest absolute Gasteiger partial charge is 0.224 e. The minimum absolute atomic E-state index is 0.00362. The van der Waals surface area contributed by atoms with Gasteiger partial charge < -0.3 is 10.1 Å². The number of hydrogen-bond donors (Lipinski definition) is 1. The van der Waals surface area contributed by atoms with Crippen LogP contribution in [0.2, 0.25) is 0 Å². The van der Waals surface area contributed by atoms with Crippen molar-refractivity contribution in [2.24, 2.45) is 0 Å². The number of carbonyl (C=O) groups is 1. The second-order valence-corrected chi connectivity index (χ2v) is 7.20. The van der Waals surface area contributed by atoms with Crippen molar-refractivity contribution >= 4 is 5.91 Å². The summed E-state index contributed by atoms with van der Waals surface area (Å²) in [6, 6.07) is 7.38. The molecule has 0 heterocycles. The van der Waals surface area contributed by atoms with Crippen LogP contribution in [0.15, 0.2) is 24.3 Å². The van der Waals surface area contributed by atoms with Gasteiger partial charge in [0.05, 0.1) is 13.0 Å². The lowest BCUT2D eigenvalue weighted by atomic mass is 9.87. The predicted octanol–water partition coefficient (Wildman–Crippen LogP) is 4.42. The average molecular weight is 401 g/mol. The van der Waals surface area contributed by atoms with Crippen LogP contribution in [0.3, 0.4) is 0 Å². The third-order valence-electron chi connectivity index (χ3n) is 4.05. The van der Waals surface area contributed by atoms with E-state index < -0.39 is 47.0 Å². The van der Waals surface area contributed by atoms with E-state index in [1.54, 1.807) is 12.1 Å². The molecule has 0 unspecified atom stereocenters. The van der Waals surface area contributed by atoms with Crippen LogP contribution in [0, 0.1) is 29.1 Å². The molecule has 1 amide bonds. The molecule has 0 radical (unpaired) electrons. The molecule has 2 aromatic carbocycles. The molecule has 0 saturated heterocycles.